The summed E-state index contributed by atoms with van der Waals surface area (Å²) < 4.78 is 117. The Labute approximate surface area is 475 Å². The van der Waals surface area contributed by atoms with Gasteiger partial charge in [-0.15, -0.1) is 0 Å². The number of hydrogen-bond acceptors (Lipinski definition) is 15. The van der Waals surface area contributed by atoms with Gasteiger partial charge in [0.25, 0.3) is 0 Å². The molecular weight excluding hydrogens is 1110 g/mol. The predicted octanol–water partition coefficient (Wildman–Crippen LogP) is 12.2. The number of fused-ring (bicyclic) bond motifs is 2. The Morgan fingerprint density at radius 1 is 0.494 bits per heavy atom. The predicted molar refractivity (Wildman–Crippen MR) is 298 cm³/mol. The SMILES string of the molecule is C.COc1cc2nccc(OS(=O)(=O)C(F)(F)F)c2cc1OC.COc1cc2nccc(Oc3ccc(CC(=O)C4(C(=O)Cc5ccc(F)cc5)CC4)cc3)c2cc1OC.O=C(Cc1ccc(O)cc1)C1(C(=O)Cc2ccc(F)cc2)CC1. The second-order valence-corrected chi connectivity index (χ2v) is 20.8. The summed E-state index contributed by atoms with van der Waals surface area (Å²) in [6, 6.07) is 34.4. The molecule has 2 aromatic heterocycles. The van der Waals surface area contributed by atoms with Crippen LogP contribution in [-0.2, 0) is 55.0 Å². The minimum atomic E-state index is -5.78. The molecule has 434 valence electrons. The van der Waals surface area contributed by atoms with Crippen molar-refractivity contribution in [1.29, 1.82) is 0 Å². The molecular formula is C62H57F5N2O13S. The van der Waals surface area contributed by atoms with Gasteiger partial charge in [0.05, 0.1) is 50.3 Å². The van der Waals surface area contributed by atoms with E-state index in [4.69, 9.17) is 23.7 Å². The molecule has 0 amide bonds. The maximum atomic E-state index is 13.2. The molecule has 2 aliphatic rings. The Hall–Kier alpha value is -8.98. The molecule has 0 bridgehead atoms. The molecule has 21 heteroatoms. The minimum Gasteiger partial charge on any atom is -0.508 e. The summed E-state index contributed by atoms with van der Waals surface area (Å²) in [5, 5.41) is 10.1. The number of aromatic nitrogens is 2. The number of phenolic OH excluding ortho intramolecular Hbond substituents is 1. The summed E-state index contributed by atoms with van der Waals surface area (Å²) in [6.45, 7) is 0. The van der Waals surface area contributed by atoms with Crippen molar-refractivity contribution >= 4 is 55.1 Å². The fourth-order valence-electron chi connectivity index (χ4n) is 8.94. The third-order valence-electron chi connectivity index (χ3n) is 13.9. The Morgan fingerprint density at radius 2 is 0.819 bits per heavy atom. The molecule has 1 N–H and O–H groups in total. The van der Waals surface area contributed by atoms with Gasteiger partial charge in [0, 0.05) is 67.0 Å². The van der Waals surface area contributed by atoms with Crippen LogP contribution in [0.4, 0.5) is 22.0 Å². The van der Waals surface area contributed by atoms with E-state index in [1.165, 1.54) is 62.8 Å². The van der Waals surface area contributed by atoms with E-state index in [0.717, 1.165) is 34.3 Å². The van der Waals surface area contributed by atoms with E-state index in [1.807, 2.05) is 18.2 Å². The lowest BCUT2D eigenvalue weighted by molar-refractivity contribution is -0.135. The van der Waals surface area contributed by atoms with Crippen molar-refractivity contribution in [3.63, 3.8) is 0 Å². The van der Waals surface area contributed by atoms with Gasteiger partial charge >= 0.3 is 15.6 Å². The molecule has 2 heterocycles. The van der Waals surface area contributed by atoms with Gasteiger partial charge in [0.15, 0.2) is 51.9 Å². The first kappa shape index (κ1) is 61.6. The van der Waals surface area contributed by atoms with Crippen LogP contribution in [0.5, 0.6) is 46.0 Å². The van der Waals surface area contributed by atoms with Crippen molar-refractivity contribution in [2.24, 2.45) is 10.8 Å². The number of Topliss-reactive ketones (excluding diaryl/α,β-unsaturated/α-hetero) is 4. The van der Waals surface area contributed by atoms with Gasteiger partial charge in [-0.2, -0.15) is 21.6 Å². The fourth-order valence-corrected chi connectivity index (χ4v) is 9.41. The zero-order chi connectivity index (χ0) is 59.0. The topological polar surface area (TPSA) is 204 Å². The van der Waals surface area contributed by atoms with E-state index in [2.05, 4.69) is 14.2 Å². The van der Waals surface area contributed by atoms with Crippen LogP contribution < -0.4 is 27.9 Å². The number of nitrogens with zero attached hydrogens (tertiary/aromatic N) is 2. The lowest BCUT2D eigenvalue weighted by Crippen LogP contribution is -2.28. The van der Waals surface area contributed by atoms with E-state index < -0.39 is 32.2 Å². The standard InChI is InChI=1S/C30H26FNO5.C19H17FO3.C12H10F3NO5S.CH4/c1-35-26-17-23-24(18-27(26)36-2)32-14-11-25(23)37-22-9-5-20(6-10-22)16-29(34)30(12-13-30)28(33)15-19-3-7-21(31)8-4-19;20-15-5-1-13(2-6-15)11-17(22)19(9-10-19)18(23)12-14-3-7-16(21)8-4-14;1-19-10-5-7-8(6-11(10)20-2)16-4-3-9(7)21-22(17,18)12(13,14)15;/h3-11,14,17-18H,12-13,15-16H2,1-2H3;1-8,21H,9-12H2;3-6H,1-2H3;1H4. The van der Waals surface area contributed by atoms with Crippen LogP contribution in [-0.4, -0.2) is 80.6 Å². The molecule has 0 spiro atoms. The van der Waals surface area contributed by atoms with Crippen LogP contribution in [0.15, 0.2) is 146 Å². The van der Waals surface area contributed by atoms with Gasteiger partial charge in [0.2, 0.25) is 0 Å². The maximum absolute atomic E-state index is 13.2. The Balaban J connectivity index is 0.000000187. The van der Waals surface area contributed by atoms with Crippen LogP contribution in [0, 0.1) is 22.5 Å². The molecule has 0 atom stereocenters. The van der Waals surface area contributed by atoms with Gasteiger partial charge in [-0.25, -0.2) is 8.78 Å². The van der Waals surface area contributed by atoms with E-state index in [0.29, 0.717) is 65.5 Å². The molecule has 2 fully saturated rings. The maximum Gasteiger partial charge on any atom is 0.534 e. The summed E-state index contributed by atoms with van der Waals surface area (Å²) in [5.41, 5.74) is -3.39. The average molecular weight is 1170 g/mol. The largest absolute Gasteiger partial charge is 0.534 e. The molecule has 2 aliphatic carbocycles. The van der Waals surface area contributed by atoms with Gasteiger partial charge in [-0.05, 0) is 115 Å². The number of carbonyl (C=O) groups excluding carboxylic acids is 4. The molecule has 8 aromatic rings. The number of ketones is 4. The number of rotatable bonds is 20. The summed E-state index contributed by atoms with van der Waals surface area (Å²) in [6.07, 6.45) is 5.74. The molecule has 10 rings (SSSR count). The van der Waals surface area contributed by atoms with Gasteiger partial charge in [-0.1, -0.05) is 56.0 Å². The number of aromatic hydroxyl groups is 1. The van der Waals surface area contributed by atoms with Crippen LogP contribution >= 0.6 is 0 Å². The molecule has 0 saturated heterocycles. The first-order valence-corrected chi connectivity index (χ1v) is 26.7. The van der Waals surface area contributed by atoms with Crippen molar-refractivity contribution < 1.29 is 82.5 Å². The van der Waals surface area contributed by atoms with Crippen LogP contribution in [0.2, 0.25) is 0 Å². The van der Waals surface area contributed by atoms with Crippen molar-refractivity contribution in [3.8, 4) is 46.0 Å². The van der Waals surface area contributed by atoms with Gasteiger partial charge in [0.1, 0.15) is 28.9 Å². The lowest BCUT2D eigenvalue weighted by Gasteiger charge is -2.14. The smallest absolute Gasteiger partial charge is 0.508 e. The first-order chi connectivity index (χ1) is 39.1. The fraction of sp³-hybridized carbons (Fsp3) is 0.258. The lowest BCUT2D eigenvalue weighted by atomic mass is 9.88. The van der Waals surface area contributed by atoms with Crippen molar-refractivity contribution in [1.82, 2.24) is 9.97 Å². The molecule has 0 aliphatic heterocycles. The number of ether oxygens (including phenoxy) is 5. The number of hydrogen-bond donors (Lipinski definition) is 1. The van der Waals surface area contributed by atoms with E-state index in [-0.39, 0.29) is 90.3 Å². The van der Waals surface area contributed by atoms with Crippen molar-refractivity contribution in [2.45, 2.75) is 64.3 Å². The number of pyridine rings is 2. The third-order valence-corrected chi connectivity index (χ3v) is 14.9. The number of phenols is 1. The zero-order valence-corrected chi connectivity index (χ0v) is 45.4. The minimum absolute atomic E-state index is 0. The summed E-state index contributed by atoms with van der Waals surface area (Å²) >= 11 is 0. The second-order valence-electron chi connectivity index (χ2n) is 19.3. The molecule has 0 unspecified atom stereocenters. The Morgan fingerprint density at radius 3 is 1.17 bits per heavy atom. The van der Waals surface area contributed by atoms with Gasteiger partial charge in [-0.3, -0.25) is 29.1 Å². The van der Waals surface area contributed by atoms with Gasteiger partial charge < -0.3 is 33.0 Å². The van der Waals surface area contributed by atoms with Crippen molar-refractivity contribution in [2.75, 3.05) is 28.4 Å². The van der Waals surface area contributed by atoms with E-state index in [1.54, 1.807) is 81.1 Å². The van der Waals surface area contributed by atoms with E-state index in [9.17, 15) is 54.7 Å². The number of carbonyl (C=O) groups is 4. The average Bonchev–Trinajstić information content (AvgIpc) is 3.05. The zero-order valence-electron chi connectivity index (χ0n) is 44.6. The molecule has 0 radical (unpaired) electrons. The number of benzene rings is 6. The van der Waals surface area contributed by atoms with Crippen LogP contribution in [0.3, 0.4) is 0 Å². The third kappa shape index (κ3) is 14.6. The molecule has 83 heavy (non-hydrogen) atoms. The highest BCUT2D eigenvalue weighted by Gasteiger charge is 2.55. The quantitative estimate of drug-likeness (QED) is 0.0326. The number of methoxy groups -OCH3 is 4. The first-order valence-electron chi connectivity index (χ1n) is 25.3. The van der Waals surface area contributed by atoms with Crippen molar-refractivity contribution in [3.05, 3.63) is 180 Å². The summed E-state index contributed by atoms with van der Waals surface area (Å²) in [5.74, 6) is 1.46. The van der Waals surface area contributed by atoms with E-state index >= 15 is 0 Å². The van der Waals surface area contributed by atoms with Crippen LogP contribution in [0.1, 0.15) is 55.4 Å². The monoisotopic (exact) mass is 1160 g/mol. The summed E-state index contributed by atoms with van der Waals surface area (Å²) in [7, 11) is 0.0667. The normalized spacial score (nSPS) is 13.6. The molecule has 15 nitrogen and oxygen atoms in total. The second kappa shape index (κ2) is 25.9. The Kier molecular flexibility index (Phi) is 19.2. The summed E-state index contributed by atoms with van der Waals surface area (Å²) in [4.78, 5) is 59.3. The van der Waals surface area contributed by atoms with Crippen LogP contribution in [0.25, 0.3) is 21.8 Å². The highest BCUT2D eigenvalue weighted by atomic mass is 32.2. The highest BCUT2D eigenvalue weighted by molar-refractivity contribution is 7.88. The number of halogens is 5. The number of alkyl halides is 3. The molecule has 2 saturated carbocycles. The molecule has 6 aromatic carbocycles. The highest BCUT2D eigenvalue weighted by Crippen LogP contribution is 2.50. The Bertz CT molecular complexity index is 3700.